The summed E-state index contributed by atoms with van der Waals surface area (Å²) in [7, 11) is 5.03. The highest BCUT2D eigenvalue weighted by molar-refractivity contribution is 14.0. The number of rotatable bonds is 9. The summed E-state index contributed by atoms with van der Waals surface area (Å²) in [5, 5.41) is 6.61. The number of hydrogen-bond donors (Lipinski definition) is 2. The highest BCUT2D eigenvalue weighted by atomic mass is 127. The van der Waals surface area contributed by atoms with E-state index in [1.807, 2.05) is 42.5 Å². The van der Waals surface area contributed by atoms with Gasteiger partial charge in [-0.2, -0.15) is 0 Å². The van der Waals surface area contributed by atoms with Gasteiger partial charge in [-0.05, 0) is 36.2 Å². The molecule has 0 unspecified atom stereocenters. The standard InChI is InChI=1S/C22H27N3O3.HI/c1-5-14-28-19-9-6-17(7-10-19)12-13-24-22(23-2)25-16-18-8-11-20(26-3)15-21(18)27-4;/h1,6-11,15H,12-14,16H2,2-4H3,(H2,23,24,25);1H. The second-order valence-electron chi connectivity index (χ2n) is 5.92. The van der Waals surface area contributed by atoms with E-state index in [4.69, 9.17) is 20.6 Å². The maximum Gasteiger partial charge on any atom is 0.191 e. The zero-order valence-corrected chi connectivity index (χ0v) is 19.4. The van der Waals surface area contributed by atoms with Gasteiger partial charge in [-0.25, -0.2) is 0 Å². The Kier molecular flexibility index (Phi) is 11.4. The number of nitrogens with one attached hydrogen (secondary N) is 2. The maximum absolute atomic E-state index is 5.43. The second-order valence-corrected chi connectivity index (χ2v) is 5.92. The first-order valence-electron chi connectivity index (χ1n) is 9.00. The molecule has 6 nitrogen and oxygen atoms in total. The molecule has 0 atom stereocenters. The quantitative estimate of drug-likeness (QED) is 0.235. The molecule has 2 aromatic carbocycles. The number of methoxy groups -OCH3 is 2. The van der Waals surface area contributed by atoms with Gasteiger partial charge in [0.25, 0.3) is 0 Å². The molecule has 0 heterocycles. The summed E-state index contributed by atoms with van der Waals surface area (Å²) in [6.07, 6.45) is 6.05. The summed E-state index contributed by atoms with van der Waals surface area (Å²) in [4.78, 5) is 4.26. The van der Waals surface area contributed by atoms with Crippen molar-refractivity contribution in [3.63, 3.8) is 0 Å². The van der Waals surface area contributed by atoms with E-state index in [0.717, 1.165) is 41.7 Å². The van der Waals surface area contributed by atoms with E-state index in [2.05, 4.69) is 21.5 Å². The van der Waals surface area contributed by atoms with Gasteiger partial charge < -0.3 is 24.8 Å². The predicted octanol–water partition coefficient (Wildman–Crippen LogP) is 3.24. The Morgan fingerprint density at radius 2 is 1.76 bits per heavy atom. The fourth-order valence-corrected chi connectivity index (χ4v) is 2.60. The molecule has 0 radical (unpaired) electrons. The van der Waals surface area contributed by atoms with Crippen molar-refractivity contribution < 1.29 is 14.2 Å². The summed E-state index contributed by atoms with van der Waals surface area (Å²) < 4.78 is 16.0. The lowest BCUT2D eigenvalue weighted by Crippen LogP contribution is -2.37. The molecule has 0 aliphatic carbocycles. The Morgan fingerprint density at radius 1 is 1.03 bits per heavy atom. The van der Waals surface area contributed by atoms with E-state index >= 15 is 0 Å². The second kappa shape index (κ2) is 13.6. The van der Waals surface area contributed by atoms with Gasteiger partial charge in [-0.3, -0.25) is 4.99 Å². The Bertz CT molecular complexity index is 817. The number of guanidine groups is 1. The van der Waals surface area contributed by atoms with Crippen molar-refractivity contribution in [1.29, 1.82) is 0 Å². The number of terminal acetylenes is 1. The SMILES string of the molecule is C#CCOc1ccc(CCNC(=NC)NCc2ccc(OC)cc2OC)cc1.I. The van der Waals surface area contributed by atoms with Crippen LogP contribution in [-0.2, 0) is 13.0 Å². The smallest absolute Gasteiger partial charge is 0.191 e. The van der Waals surface area contributed by atoms with Crippen molar-refractivity contribution in [1.82, 2.24) is 10.6 Å². The molecule has 29 heavy (non-hydrogen) atoms. The van der Waals surface area contributed by atoms with Crippen molar-refractivity contribution in [2.24, 2.45) is 4.99 Å². The third-order valence-corrected chi connectivity index (χ3v) is 4.12. The lowest BCUT2D eigenvalue weighted by molar-refractivity contribution is 0.370. The topological polar surface area (TPSA) is 64.1 Å². The molecule has 0 amide bonds. The van der Waals surface area contributed by atoms with Gasteiger partial charge >= 0.3 is 0 Å². The Balaban J connectivity index is 0.00000420. The average molecular weight is 509 g/mol. The fraction of sp³-hybridized carbons (Fsp3) is 0.318. The number of nitrogens with zero attached hydrogens (tertiary/aromatic N) is 1. The number of benzene rings is 2. The third kappa shape index (κ3) is 8.11. The summed E-state index contributed by atoms with van der Waals surface area (Å²) >= 11 is 0. The molecular formula is C22H28IN3O3. The van der Waals surface area contributed by atoms with Crippen molar-refractivity contribution in [2.75, 3.05) is 34.4 Å². The number of ether oxygens (including phenoxy) is 3. The van der Waals surface area contributed by atoms with Crippen LogP contribution in [0.3, 0.4) is 0 Å². The highest BCUT2D eigenvalue weighted by Crippen LogP contribution is 2.24. The number of halogens is 1. The molecule has 156 valence electrons. The van der Waals surface area contributed by atoms with E-state index in [0.29, 0.717) is 6.54 Å². The predicted molar refractivity (Wildman–Crippen MR) is 128 cm³/mol. The van der Waals surface area contributed by atoms with Gasteiger partial charge in [0.05, 0.1) is 14.2 Å². The molecule has 0 saturated carbocycles. The normalized spacial score (nSPS) is 10.3. The third-order valence-electron chi connectivity index (χ3n) is 4.12. The summed E-state index contributed by atoms with van der Waals surface area (Å²) in [6.45, 7) is 1.62. The van der Waals surface area contributed by atoms with Gasteiger partial charge in [-0.15, -0.1) is 30.4 Å². The van der Waals surface area contributed by atoms with Crippen LogP contribution >= 0.6 is 24.0 Å². The van der Waals surface area contributed by atoms with E-state index in [1.54, 1.807) is 21.3 Å². The van der Waals surface area contributed by atoms with Crippen LogP contribution in [0.25, 0.3) is 0 Å². The van der Waals surface area contributed by atoms with Crippen LogP contribution in [-0.4, -0.2) is 40.4 Å². The molecule has 0 aromatic heterocycles. The molecule has 0 aliphatic rings. The summed E-state index contributed by atoms with van der Waals surface area (Å²) in [5.41, 5.74) is 2.22. The lowest BCUT2D eigenvalue weighted by atomic mass is 10.1. The molecule has 7 heteroatoms. The Morgan fingerprint density at radius 3 is 2.38 bits per heavy atom. The molecule has 2 rings (SSSR count). The van der Waals surface area contributed by atoms with E-state index in [9.17, 15) is 0 Å². The van der Waals surface area contributed by atoms with Crippen molar-refractivity contribution >= 4 is 29.9 Å². The molecule has 0 aliphatic heterocycles. The van der Waals surface area contributed by atoms with Crippen LogP contribution in [0, 0.1) is 12.3 Å². The highest BCUT2D eigenvalue weighted by Gasteiger charge is 2.06. The molecule has 2 aromatic rings. The minimum atomic E-state index is 0. The molecular weight excluding hydrogens is 481 g/mol. The monoisotopic (exact) mass is 509 g/mol. The Hall–Kier alpha value is -2.60. The first-order valence-corrected chi connectivity index (χ1v) is 9.00. The van der Waals surface area contributed by atoms with E-state index in [1.165, 1.54) is 5.56 Å². The van der Waals surface area contributed by atoms with Gasteiger partial charge in [-0.1, -0.05) is 18.1 Å². The molecule has 0 fully saturated rings. The Labute approximate surface area is 190 Å². The van der Waals surface area contributed by atoms with Gasteiger partial charge in [0.2, 0.25) is 0 Å². The van der Waals surface area contributed by atoms with Crippen molar-refractivity contribution in [2.45, 2.75) is 13.0 Å². The van der Waals surface area contributed by atoms with Crippen LogP contribution in [0.5, 0.6) is 17.2 Å². The molecule has 0 saturated heterocycles. The van der Waals surface area contributed by atoms with Gasteiger partial charge in [0.15, 0.2) is 5.96 Å². The maximum atomic E-state index is 5.43. The van der Waals surface area contributed by atoms with Crippen LogP contribution in [0.2, 0.25) is 0 Å². The van der Waals surface area contributed by atoms with Crippen LogP contribution < -0.4 is 24.8 Å². The fourth-order valence-electron chi connectivity index (χ4n) is 2.60. The summed E-state index contributed by atoms with van der Waals surface area (Å²) in [5.74, 6) is 5.50. The zero-order valence-electron chi connectivity index (χ0n) is 17.0. The molecule has 0 bridgehead atoms. The zero-order chi connectivity index (χ0) is 20.2. The minimum Gasteiger partial charge on any atom is -0.497 e. The lowest BCUT2D eigenvalue weighted by Gasteiger charge is -2.14. The van der Waals surface area contributed by atoms with Gasteiger partial charge in [0, 0.05) is 31.8 Å². The van der Waals surface area contributed by atoms with E-state index < -0.39 is 0 Å². The van der Waals surface area contributed by atoms with Crippen LogP contribution in [0.4, 0.5) is 0 Å². The van der Waals surface area contributed by atoms with Gasteiger partial charge in [0.1, 0.15) is 23.9 Å². The van der Waals surface area contributed by atoms with Crippen LogP contribution in [0.1, 0.15) is 11.1 Å². The van der Waals surface area contributed by atoms with Crippen molar-refractivity contribution in [3.8, 4) is 29.6 Å². The number of aliphatic imine (C=N–C) groups is 1. The van der Waals surface area contributed by atoms with E-state index in [-0.39, 0.29) is 30.6 Å². The first kappa shape index (κ1) is 24.4. The number of hydrogen-bond acceptors (Lipinski definition) is 4. The first-order chi connectivity index (χ1) is 13.7. The summed E-state index contributed by atoms with van der Waals surface area (Å²) in [6, 6.07) is 13.7. The molecule has 0 spiro atoms. The van der Waals surface area contributed by atoms with Crippen LogP contribution in [0.15, 0.2) is 47.5 Å². The molecule has 2 N–H and O–H groups in total. The minimum absolute atomic E-state index is 0. The average Bonchev–Trinajstić information content (AvgIpc) is 2.75. The van der Waals surface area contributed by atoms with Crippen molar-refractivity contribution in [3.05, 3.63) is 53.6 Å². The largest absolute Gasteiger partial charge is 0.497 e.